The van der Waals surface area contributed by atoms with Crippen LogP contribution in [-0.4, -0.2) is 25.4 Å². The van der Waals surface area contributed by atoms with Crippen LogP contribution in [-0.2, 0) is 9.57 Å². The van der Waals surface area contributed by atoms with E-state index in [1.165, 1.54) is 12.8 Å². The highest BCUT2D eigenvalue weighted by Gasteiger charge is 2.58. The van der Waals surface area contributed by atoms with Crippen LogP contribution in [0.2, 0.25) is 0 Å². The van der Waals surface area contributed by atoms with Gasteiger partial charge in [0.05, 0.1) is 12.7 Å². The average Bonchev–Trinajstić information content (AvgIpc) is 2.24. The molecule has 1 saturated heterocycles. The largest absolute Gasteiger partial charge is 0.377 e. The minimum Gasteiger partial charge on any atom is -0.377 e. The van der Waals surface area contributed by atoms with E-state index in [-0.39, 0.29) is 5.41 Å². The Balaban J connectivity index is 1.84. The summed E-state index contributed by atoms with van der Waals surface area (Å²) in [4.78, 5) is 5.58. The lowest BCUT2D eigenvalue weighted by Crippen LogP contribution is -2.69. The average molecular weight is 227 g/mol. The van der Waals surface area contributed by atoms with Crippen molar-refractivity contribution in [1.29, 1.82) is 0 Å². The van der Waals surface area contributed by atoms with Gasteiger partial charge in [0.2, 0.25) is 0 Å². The quantitative estimate of drug-likeness (QED) is 0.748. The fourth-order valence-corrected chi connectivity index (χ4v) is 3.07. The summed E-state index contributed by atoms with van der Waals surface area (Å²) >= 11 is 0. The van der Waals surface area contributed by atoms with Crippen molar-refractivity contribution in [1.82, 2.24) is 5.48 Å². The topological polar surface area (TPSA) is 30.5 Å². The molecule has 0 aromatic rings. The van der Waals surface area contributed by atoms with E-state index < -0.39 is 0 Å². The third-order valence-electron chi connectivity index (χ3n) is 3.96. The summed E-state index contributed by atoms with van der Waals surface area (Å²) in [5.74, 6) is 1.23. The van der Waals surface area contributed by atoms with Gasteiger partial charge in [0.25, 0.3) is 0 Å². The first-order valence-electron chi connectivity index (χ1n) is 6.52. The first-order chi connectivity index (χ1) is 7.53. The van der Waals surface area contributed by atoms with E-state index in [1.807, 2.05) is 0 Å². The van der Waals surface area contributed by atoms with Crippen molar-refractivity contribution in [3.8, 4) is 0 Å². The summed E-state index contributed by atoms with van der Waals surface area (Å²) < 4.78 is 5.85. The molecule has 0 spiro atoms. The normalized spacial score (nSPS) is 36.9. The van der Waals surface area contributed by atoms with Crippen LogP contribution in [0.15, 0.2) is 0 Å². The molecule has 2 aliphatic rings. The molecule has 1 aliphatic heterocycles. The Morgan fingerprint density at radius 1 is 1.44 bits per heavy atom. The van der Waals surface area contributed by atoms with Crippen LogP contribution in [0.3, 0.4) is 0 Å². The van der Waals surface area contributed by atoms with Gasteiger partial charge in [-0.1, -0.05) is 27.7 Å². The molecular weight excluding hydrogens is 202 g/mol. The number of ether oxygens (including phenoxy) is 1. The fraction of sp³-hybridized carbons (Fsp3) is 1.00. The van der Waals surface area contributed by atoms with Gasteiger partial charge in [-0.15, -0.1) is 0 Å². The van der Waals surface area contributed by atoms with Gasteiger partial charge in [-0.2, -0.15) is 5.48 Å². The molecule has 1 N–H and O–H groups in total. The van der Waals surface area contributed by atoms with E-state index in [4.69, 9.17) is 9.57 Å². The molecule has 16 heavy (non-hydrogen) atoms. The molecule has 0 radical (unpaired) electrons. The molecule has 0 bridgehead atoms. The monoisotopic (exact) mass is 227 g/mol. The molecule has 2 rings (SSSR count). The fourth-order valence-electron chi connectivity index (χ4n) is 3.07. The Hall–Kier alpha value is -0.120. The lowest BCUT2D eigenvalue weighted by Gasteiger charge is -2.59. The molecule has 3 heteroatoms. The number of hydroxylamine groups is 1. The molecule has 2 fully saturated rings. The number of hydrogen-bond acceptors (Lipinski definition) is 3. The molecule has 3 atom stereocenters. The SMILES string of the molecule is CC(C)CONC1C2CCCOC2C1(C)C. The van der Waals surface area contributed by atoms with E-state index in [9.17, 15) is 0 Å². The summed E-state index contributed by atoms with van der Waals surface area (Å²) in [5, 5.41) is 0. The molecule has 0 aromatic heterocycles. The van der Waals surface area contributed by atoms with Crippen LogP contribution < -0.4 is 5.48 Å². The van der Waals surface area contributed by atoms with Crippen molar-refractivity contribution in [3.05, 3.63) is 0 Å². The maximum atomic E-state index is 5.85. The van der Waals surface area contributed by atoms with Gasteiger partial charge in [-0.3, -0.25) is 0 Å². The second-order valence-electron chi connectivity index (χ2n) is 6.22. The number of fused-ring (bicyclic) bond motifs is 1. The van der Waals surface area contributed by atoms with Crippen LogP contribution in [0.5, 0.6) is 0 Å². The second kappa shape index (κ2) is 4.63. The van der Waals surface area contributed by atoms with E-state index in [1.54, 1.807) is 0 Å². The standard InChI is InChI=1S/C13H25NO2/c1-9(2)8-16-14-11-10-6-5-7-15-12(10)13(11,3)4/h9-12,14H,5-8H2,1-4H3. The van der Waals surface area contributed by atoms with E-state index in [0.29, 0.717) is 24.0 Å². The third kappa shape index (κ3) is 2.13. The van der Waals surface area contributed by atoms with Crippen molar-refractivity contribution in [3.63, 3.8) is 0 Å². The van der Waals surface area contributed by atoms with Crippen molar-refractivity contribution < 1.29 is 9.57 Å². The smallest absolute Gasteiger partial charge is 0.0705 e. The van der Waals surface area contributed by atoms with Crippen LogP contribution >= 0.6 is 0 Å². The Morgan fingerprint density at radius 2 is 2.19 bits per heavy atom. The second-order valence-corrected chi connectivity index (χ2v) is 6.22. The molecule has 0 aromatic carbocycles. The minimum atomic E-state index is 0.210. The van der Waals surface area contributed by atoms with Crippen molar-refractivity contribution in [2.75, 3.05) is 13.2 Å². The van der Waals surface area contributed by atoms with Crippen LogP contribution in [0.4, 0.5) is 0 Å². The molecular formula is C13H25NO2. The number of hydrogen-bond donors (Lipinski definition) is 1. The van der Waals surface area contributed by atoms with Gasteiger partial charge in [-0.25, -0.2) is 0 Å². The maximum absolute atomic E-state index is 5.85. The molecule has 94 valence electrons. The van der Waals surface area contributed by atoms with Gasteiger partial charge < -0.3 is 9.57 Å². The van der Waals surface area contributed by atoms with E-state index >= 15 is 0 Å². The molecule has 1 heterocycles. The lowest BCUT2D eigenvalue weighted by molar-refractivity contribution is -0.222. The van der Waals surface area contributed by atoms with E-state index in [2.05, 4.69) is 33.2 Å². The van der Waals surface area contributed by atoms with Crippen molar-refractivity contribution in [2.24, 2.45) is 17.3 Å². The Labute approximate surface area is 98.8 Å². The molecule has 0 amide bonds. The van der Waals surface area contributed by atoms with Crippen LogP contribution in [0, 0.1) is 17.3 Å². The van der Waals surface area contributed by atoms with Gasteiger partial charge in [0.15, 0.2) is 0 Å². The van der Waals surface area contributed by atoms with Crippen LogP contribution in [0.1, 0.15) is 40.5 Å². The van der Waals surface area contributed by atoms with Gasteiger partial charge in [-0.05, 0) is 18.8 Å². The summed E-state index contributed by atoms with van der Waals surface area (Å²) in [5.41, 5.74) is 3.47. The van der Waals surface area contributed by atoms with Crippen LogP contribution in [0.25, 0.3) is 0 Å². The van der Waals surface area contributed by atoms with Gasteiger partial charge in [0.1, 0.15) is 0 Å². The first-order valence-corrected chi connectivity index (χ1v) is 6.52. The maximum Gasteiger partial charge on any atom is 0.0705 e. The third-order valence-corrected chi connectivity index (χ3v) is 3.96. The zero-order chi connectivity index (χ0) is 11.8. The molecule has 1 aliphatic carbocycles. The predicted molar refractivity (Wildman–Crippen MR) is 64.0 cm³/mol. The first kappa shape index (κ1) is 12.3. The Bertz CT molecular complexity index is 240. The van der Waals surface area contributed by atoms with Crippen molar-refractivity contribution >= 4 is 0 Å². The Kier molecular flexibility index (Phi) is 3.57. The highest BCUT2D eigenvalue weighted by molar-refractivity contribution is 5.09. The highest BCUT2D eigenvalue weighted by atomic mass is 16.6. The minimum absolute atomic E-state index is 0.210. The summed E-state index contributed by atoms with van der Waals surface area (Å²) in [6.07, 6.45) is 2.90. The predicted octanol–water partition coefficient (Wildman–Crippen LogP) is 2.37. The summed E-state index contributed by atoms with van der Waals surface area (Å²) in [6.45, 7) is 10.6. The molecule has 3 unspecified atom stereocenters. The number of rotatable bonds is 4. The zero-order valence-electron chi connectivity index (χ0n) is 11.0. The van der Waals surface area contributed by atoms with E-state index in [0.717, 1.165) is 13.2 Å². The van der Waals surface area contributed by atoms with Gasteiger partial charge >= 0.3 is 0 Å². The summed E-state index contributed by atoms with van der Waals surface area (Å²) in [6, 6.07) is 0.455. The van der Waals surface area contributed by atoms with Crippen molar-refractivity contribution in [2.45, 2.75) is 52.7 Å². The zero-order valence-corrected chi connectivity index (χ0v) is 11.0. The molecule has 3 nitrogen and oxygen atoms in total. The number of nitrogens with one attached hydrogen (secondary N) is 1. The molecule has 1 saturated carbocycles. The van der Waals surface area contributed by atoms with Gasteiger partial charge in [0, 0.05) is 24.0 Å². The highest BCUT2D eigenvalue weighted by Crippen LogP contribution is 2.51. The summed E-state index contributed by atoms with van der Waals surface area (Å²) in [7, 11) is 0. The Morgan fingerprint density at radius 3 is 2.88 bits per heavy atom. The lowest BCUT2D eigenvalue weighted by atomic mass is 9.55.